The van der Waals surface area contributed by atoms with Crippen LogP contribution in [-0.4, -0.2) is 44.6 Å². The second kappa shape index (κ2) is 9.84. The summed E-state index contributed by atoms with van der Waals surface area (Å²) in [6, 6.07) is 11.8. The number of halogens is 1. The molecule has 0 bridgehead atoms. The number of carbonyl (C=O) groups excluding carboxylic acids is 1. The van der Waals surface area contributed by atoms with Crippen LogP contribution in [0, 0.1) is 0 Å². The summed E-state index contributed by atoms with van der Waals surface area (Å²) in [5.74, 6) is 1.31. The number of methoxy groups -OCH3 is 1. The van der Waals surface area contributed by atoms with Gasteiger partial charge in [-0.2, -0.15) is 4.31 Å². The Bertz CT molecular complexity index is 976. The van der Waals surface area contributed by atoms with Crippen LogP contribution in [0.3, 0.4) is 0 Å². The molecule has 1 fully saturated rings. The van der Waals surface area contributed by atoms with Crippen LogP contribution in [-0.2, 0) is 20.6 Å². The van der Waals surface area contributed by atoms with Gasteiger partial charge in [0.25, 0.3) is 0 Å². The normalized spacial score (nSPS) is 14.7. The van der Waals surface area contributed by atoms with Gasteiger partial charge >= 0.3 is 0 Å². The van der Waals surface area contributed by atoms with Crippen molar-refractivity contribution in [2.75, 3.05) is 31.3 Å². The first-order valence-electron chi connectivity index (χ1n) is 9.20. The number of hydrogen-bond donors (Lipinski definition) is 1. The maximum absolute atomic E-state index is 12.7. The number of nitrogens with one attached hydrogen (secondary N) is 1. The summed E-state index contributed by atoms with van der Waals surface area (Å²) < 4.78 is 32.1. The predicted molar refractivity (Wildman–Crippen MR) is 117 cm³/mol. The smallest absolute Gasteiger partial charge is 0.243 e. The minimum Gasteiger partial charge on any atom is -0.496 e. The summed E-state index contributed by atoms with van der Waals surface area (Å²) in [7, 11) is -1.92. The van der Waals surface area contributed by atoms with E-state index in [0.717, 1.165) is 24.2 Å². The highest BCUT2D eigenvalue weighted by Gasteiger charge is 2.27. The molecule has 1 aliphatic heterocycles. The summed E-state index contributed by atoms with van der Waals surface area (Å²) in [5, 5.41) is 3.38. The van der Waals surface area contributed by atoms with Gasteiger partial charge in [-0.1, -0.05) is 17.7 Å². The van der Waals surface area contributed by atoms with E-state index in [-0.39, 0.29) is 16.6 Å². The quantitative estimate of drug-likeness (QED) is 0.652. The van der Waals surface area contributed by atoms with Gasteiger partial charge in [0, 0.05) is 35.1 Å². The molecule has 1 saturated heterocycles. The highest BCUT2D eigenvalue weighted by molar-refractivity contribution is 7.99. The number of nitrogens with zero attached hydrogens (tertiary/aromatic N) is 1. The predicted octanol–water partition coefficient (Wildman–Crippen LogP) is 4.01. The van der Waals surface area contributed by atoms with E-state index in [0.29, 0.717) is 29.6 Å². The van der Waals surface area contributed by atoms with Gasteiger partial charge in [0.2, 0.25) is 15.9 Å². The Morgan fingerprint density at radius 1 is 1.21 bits per heavy atom. The van der Waals surface area contributed by atoms with Crippen molar-refractivity contribution in [2.45, 2.75) is 23.5 Å². The van der Waals surface area contributed by atoms with Gasteiger partial charge in [-0.15, -0.1) is 11.8 Å². The van der Waals surface area contributed by atoms with Crippen LogP contribution in [0.5, 0.6) is 5.75 Å². The lowest BCUT2D eigenvalue weighted by atomic mass is 10.2. The number of ether oxygens (including phenoxy) is 1. The van der Waals surface area contributed by atoms with Gasteiger partial charge in [-0.3, -0.25) is 4.79 Å². The topological polar surface area (TPSA) is 75.7 Å². The Labute approximate surface area is 180 Å². The van der Waals surface area contributed by atoms with Crippen LogP contribution in [0.1, 0.15) is 18.4 Å². The molecule has 1 N–H and O–H groups in total. The third kappa shape index (κ3) is 5.66. The SMILES string of the molecule is COc1ccc(Cl)cc1CSCC(=O)Nc1cccc(S(=O)(=O)N2CCCC2)c1. The molecule has 0 spiro atoms. The number of thioether (sulfide) groups is 1. The monoisotopic (exact) mass is 454 g/mol. The van der Waals surface area contributed by atoms with Crippen molar-refractivity contribution in [1.29, 1.82) is 0 Å². The molecule has 0 radical (unpaired) electrons. The van der Waals surface area contributed by atoms with Gasteiger partial charge in [-0.05, 0) is 49.2 Å². The first-order chi connectivity index (χ1) is 13.9. The Hall–Kier alpha value is -1.74. The molecule has 29 heavy (non-hydrogen) atoms. The molecular weight excluding hydrogens is 432 g/mol. The van der Waals surface area contributed by atoms with Crippen molar-refractivity contribution in [1.82, 2.24) is 4.31 Å². The molecule has 1 heterocycles. The Morgan fingerprint density at radius 2 is 1.97 bits per heavy atom. The molecule has 0 saturated carbocycles. The molecule has 0 aliphatic carbocycles. The zero-order chi connectivity index (χ0) is 20.9. The maximum Gasteiger partial charge on any atom is 0.243 e. The molecular formula is C20H23ClN2O4S2. The van der Waals surface area contributed by atoms with Gasteiger partial charge in [0.05, 0.1) is 17.8 Å². The number of amides is 1. The Balaban J connectivity index is 1.58. The fourth-order valence-corrected chi connectivity index (χ4v) is 5.69. The lowest BCUT2D eigenvalue weighted by Gasteiger charge is -2.16. The van der Waals surface area contributed by atoms with Gasteiger partial charge in [0.1, 0.15) is 5.75 Å². The largest absolute Gasteiger partial charge is 0.496 e. The molecule has 156 valence electrons. The van der Waals surface area contributed by atoms with Crippen LogP contribution in [0.25, 0.3) is 0 Å². The van der Waals surface area contributed by atoms with Crippen molar-refractivity contribution in [3.8, 4) is 5.75 Å². The summed E-state index contributed by atoms with van der Waals surface area (Å²) in [5.41, 5.74) is 1.38. The number of rotatable bonds is 8. The number of hydrogen-bond acceptors (Lipinski definition) is 5. The summed E-state index contributed by atoms with van der Waals surface area (Å²) in [6.45, 7) is 1.09. The van der Waals surface area contributed by atoms with Crippen molar-refractivity contribution < 1.29 is 17.9 Å². The lowest BCUT2D eigenvalue weighted by Crippen LogP contribution is -2.28. The van der Waals surface area contributed by atoms with Crippen LogP contribution < -0.4 is 10.1 Å². The molecule has 1 amide bonds. The van der Waals surface area contributed by atoms with Crippen LogP contribution in [0.2, 0.25) is 5.02 Å². The molecule has 0 atom stereocenters. The van der Waals surface area contributed by atoms with E-state index < -0.39 is 10.0 Å². The average Bonchev–Trinajstić information content (AvgIpc) is 3.24. The van der Waals surface area contributed by atoms with Crippen molar-refractivity contribution in [3.05, 3.63) is 53.1 Å². The summed E-state index contributed by atoms with van der Waals surface area (Å²) >= 11 is 7.45. The fourth-order valence-electron chi connectivity index (χ4n) is 3.12. The van der Waals surface area contributed by atoms with E-state index in [9.17, 15) is 13.2 Å². The van der Waals surface area contributed by atoms with Crippen LogP contribution in [0.4, 0.5) is 5.69 Å². The van der Waals surface area contributed by atoms with E-state index in [1.165, 1.54) is 22.1 Å². The molecule has 2 aromatic rings. The third-order valence-electron chi connectivity index (χ3n) is 4.55. The van der Waals surface area contributed by atoms with Crippen molar-refractivity contribution >= 4 is 45.0 Å². The minimum atomic E-state index is -3.51. The molecule has 0 unspecified atom stereocenters. The molecule has 2 aromatic carbocycles. The van der Waals surface area contributed by atoms with Gasteiger partial charge in [-0.25, -0.2) is 8.42 Å². The molecule has 9 heteroatoms. The highest BCUT2D eigenvalue weighted by Crippen LogP contribution is 2.27. The number of benzene rings is 2. The molecule has 6 nitrogen and oxygen atoms in total. The van der Waals surface area contributed by atoms with Crippen LogP contribution >= 0.6 is 23.4 Å². The third-order valence-corrected chi connectivity index (χ3v) is 7.66. The van der Waals surface area contributed by atoms with Crippen molar-refractivity contribution in [3.63, 3.8) is 0 Å². The first-order valence-corrected chi connectivity index (χ1v) is 12.2. The van der Waals surface area contributed by atoms with Gasteiger partial charge < -0.3 is 10.1 Å². The van der Waals surface area contributed by atoms with E-state index in [2.05, 4.69) is 5.32 Å². The fraction of sp³-hybridized carbons (Fsp3) is 0.350. The Morgan fingerprint density at radius 3 is 2.69 bits per heavy atom. The molecule has 1 aliphatic rings. The Kier molecular flexibility index (Phi) is 7.45. The minimum absolute atomic E-state index is 0.202. The van der Waals surface area contributed by atoms with Crippen molar-refractivity contribution in [2.24, 2.45) is 0 Å². The standard InChI is InChI=1S/C20H23ClN2O4S2/c1-27-19-8-7-16(21)11-15(19)13-28-14-20(24)22-17-5-4-6-18(12-17)29(25,26)23-9-2-3-10-23/h4-8,11-12H,2-3,9-10,13-14H2,1H3,(H,22,24). The molecule has 3 rings (SSSR count). The molecule has 0 aromatic heterocycles. The maximum atomic E-state index is 12.7. The second-order valence-electron chi connectivity index (χ2n) is 6.64. The average molecular weight is 455 g/mol. The number of anilines is 1. The van der Waals surface area contributed by atoms with E-state index >= 15 is 0 Å². The first kappa shape index (κ1) is 22.0. The summed E-state index contributed by atoms with van der Waals surface area (Å²) in [6.07, 6.45) is 1.76. The van der Waals surface area contributed by atoms with Gasteiger partial charge in [0.15, 0.2) is 0 Å². The number of carbonyl (C=O) groups is 1. The highest BCUT2D eigenvalue weighted by atomic mass is 35.5. The zero-order valence-corrected chi connectivity index (χ0v) is 18.4. The zero-order valence-electron chi connectivity index (χ0n) is 16.1. The van der Waals surface area contributed by atoms with E-state index in [4.69, 9.17) is 16.3 Å². The van der Waals surface area contributed by atoms with Crippen LogP contribution in [0.15, 0.2) is 47.4 Å². The number of sulfonamides is 1. The van der Waals surface area contributed by atoms with E-state index in [1.807, 2.05) is 6.07 Å². The summed E-state index contributed by atoms with van der Waals surface area (Å²) in [4.78, 5) is 12.5. The lowest BCUT2D eigenvalue weighted by molar-refractivity contribution is -0.113. The van der Waals surface area contributed by atoms with E-state index in [1.54, 1.807) is 37.4 Å². The second-order valence-corrected chi connectivity index (χ2v) is 10.00.